The lowest BCUT2D eigenvalue weighted by Gasteiger charge is -2.31. The first-order valence-electron chi connectivity index (χ1n) is 22.7. The molecule has 0 aromatic heterocycles. The Kier molecular flexibility index (Phi) is 37.9. The van der Waals surface area contributed by atoms with Crippen molar-refractivity contribution in [2.24, 2.45) is 0 Å². The number of esters is 2. The SMILES string of the molecule is CC/C=C/C=C/C=C/C=C/C=C/CCCC(=O)OC(COCCC(C(=O)O)[N+](C)(C)C)COC(=O)CCCCCCCCCCCCCCCC/C=C/C/C=C/CC. The molecule has 0 rings (SSSR count). The van der Waals surface area contributed by atoms with Gasteiger partial charge in [0.05, 0.1) is 34.4 Å². The van der Waals surface area contributed by atoms with Gasteiger partial charge in [0.15, 0.2) is 12.1 Å². The maximum Gasteiger partial charge on any atom is 0.362 e. The average Bonchev–Trinajstić information content (AvgIpc) is 3.18. The molecule has 0 aromatic rings. The predicted molar refractivity (Wildman–Crippen MR) is 243 cm³/mol. The summed E-state index contributed by atoms with van der Waals surface area (Å²) < 4.78 is 17.2. The van der Waals surface area contributed by atoms with Crippen LogP contribution in [0.25, 0.3) is 0 Å². The van der Waals surface area contributed by atoms with Crippen molar-refractivity contribution in [3.63, 3.8) is 0 Å². The van der Waals surface area contributed by atoms with Crippen molar-refractivity contribution < 1.29 is 38.2 Å². The van der Waals surface area contributed by atoms with Crippen LogP contribution in [-0.4, -0.2) is 80.6 Å². The summed E-state index contributed by atoms with van der Waals surface area (Å²) in [6, 6.07) is -0.631. The van der Waals surface area contributed by atoms with Gasteiger partial charge in [-0.3, -0.25) is 9.59 Å². The molecule has 0 radical (unpaired) electrons. The molecule has 0 aliphatic heterocycles. The molecule has 0 heterocycles. The summed E-state index contributed by atoms with van der Waals surface area (Å²) in [5.74, 6) is -1.57. The van der Waals surface area contributed by atoms with Crippen molar-refractivity contribution in [3.8, 4) is 0 Å². The Balaban J connectivity index is 4.33. The molecular formula is C50H84NO7+. The second-order valence-corrected chi connectivity index (χ2v) is 16.0. The van der Waals surface area contributed by atoms with Crippen LogP contribution in [0.1, 0.15) is 162 Å². The van der Waals surface area contributed by atoms with E-state index in [4.69, 9.17) is 14.2 Å². The minimum absolute atomic E-state index is 0.0284. The third-order valence-electron chi connectivity index (χ3n) is 9.67. The number of aliphatic carboxylic acids is 1. The van der Waals surface area contributed by atoms with Crippen LogP contribution < -0.4 is 0 Å². The van der Waals surface area contributed by atoms with Gasteiger partial charge in [-0.15, -0.1) is 0 Å². The molecule has 0 spiro atoms. The summed E-state index contributed by atoms with van der Waals surface area (Å²) in [5.41, 5.74) is 0. The van der Waals surface area contributed by atoms with Crippen LogP contribution in [0, 0.1) is 0 Å². The molecule has 0 aliphatic carbocycles. The van der Waals surface area contributed by atoms with E-state index in [1.807, 2.05) is 75.8 Å². The van der Waals surface area contributed by atoms with Crippen LogP contribution >= 0.6 is 0 Å². The number of carbonyl (C=O) groups is 3. The molecule has 0 saturated heterocycles. The van der Waals surface area contributed by atoms with Gasteiger partial charge in [-0.05, 0) is 51.4 Å². The van der Waals surface area contributed by atoms with E-state index in [-0.39, 0.29) is 42.7 Å². The van der Waals surface area contributed by atoms with Crippen molar-refractivity contribution in [1.29, 1.82) is 0 Å². The van der Waals surface area contributed by atoms with Gasteiger partial charge in [-0.2, -0.15) is 0 Å². The Morgan fingerprint density at radius 3 is 1.57 bits per heavy atom. The number of carbonyl (C=O) groups excluding carboxylic acids is 2. The molecule has 8 nitrogen and oxygen atoms in total. The first kappa shape index (κ1) is 54.5. The van der Waals surface area contributed by atoms with Crippen LogP contribution in [0.3, 0.4) is 0 Å². The number of likely N-dealkylation sites (N-methyl/N-ethyl adjacent to an activating group) is 1. The fourth-order valence-electron chi connectivity index (χ4n) is 6.22. The van der Waals surface area contributed by atoms with E-state index < -0.39 is 18.1 Å². The van der Waals surface area contributed by atoms with Crippen molar-refractivity contribution in [2.75, 3.05) is 41.0 Å². The Bertz CT molecular complexity index is 1220. The smallest absolute Gasteiger partial charge is 0.362 e. The summed E-state index contributed by atoms with van der Waals surface area (Å²) in [6.07, 6.45) is 52.2. The van der Waals surface area contributed by atoms with Crippen LogP contribution in [0.2, 0.25) is 0 Å². The molecule has 0 aliphatic rings. The number of carboxylic acid groups (broad SMARTS) is 1. The Morgan fingerprint density at radius 2 is 1.02 bits per heavy atom. The molecule has 0 saturated carbocycles. The molecule has 2 unspecified atom stereocenters. The molecule has 8 heteroatoms. The van der Waals surface area contributed by atoms with Crippen molar-refractivity contribution in [3.05, 3.63) is 85.1 Å². The second kappa shape index (κ2) is 40.3. The molecule has 1 N–H and O–H groups in total. The van der Waals surface area contributed by atoms with Gasteiger partial charge in [0.25, 0.3) is 0 Å². The number of quaternary nitrogens is 1. The van der Waals surface area contributed by atoms with Gasteiger partial charge < -0.3 is 23.8 Å². The topological polar surface area (TPSA) is 99.1 Å². The minimum Gasteiger partial charge on any atom is -0.477 e. The quantitative estimate of drug-likeness (QED) is 0.0217. The third kappa shape index (κ3) is 38.1. The monoisotopic (exact) mass is 811 g/mol. The maximum absolute atomic E-state index is 12.7. The van der Waals surface area contributed by atoms with E-state index in [1.54, 1.807) is 0 Å². The third-order valence-corrected chi connectivity index (χ3v) is 9.67. The van der Waals surface area contributed by atoms with E-state index in [9.17, 15) is 19.5 Å². The zero-order chi connectivity index (χ0) is 42.8. The lowest BCUT2D eigenvalue weighted by molar-refractivity contribution is -0.887. The van der Waals surface area contributed by atoms with Crippen molar-refractivity contribution in [1.82, 2.24) is 0 Å². The molecular weight excluding hydrogens is 727 g/mol. The van der Waals surface area contributed by atoms with Crippen LogP contribution in [-0.2, 0) is 28.6 Å². The Morgan fingerprint density at radius 1 is 0.534 bits per heavy atom. The summed E-state index contributed by atoms with van der Waals surface area (Å²) in [5, 5.41) is 9.62. The van der Waals surface area contributed by atoms with Gasteiger partial charge in [-0.1, -0.05) is 176 Å². The highest BCUT2D eigenvalue weighted by Crippen LogP contribution is 2.15. The molecule has 58 heavy (non-hydrogen) atoms. The minimum atomic E-state index is -0.890. The fraction of sp³-hybridized carbons (Fsp3) is 0.660. The van der Waals surface area contributed by atoms with Gasteiger partial charge in [-0.25, -0.2) is 4.79 Å². The van der Waals surface area contributed by atoms with E-state index in [2.05, 4.69) is 44.2 Å². The molecule has 0 fully saturated rings. The normalized spacial score (nSPS) is 13.7. The highest BCUT2D eigenvalue weighted by molar-refractivity contribution is 5.72. The Labute approximate surface area is 354 Å². The fourth-order valence-corrected chi connectivity index (χ4v) is 6.22. The summed E-state index contributed by atoms with van der Waals surface area (Å²) in [4.78, 5) is 37.0. The van der Waals surface area contributed by atoms with Crippen LogP contribution in [0.4, 0.5) is 0 Å². The largest absolute Gasteiger partial charge is 0.477 e. The van der Waals surface area contributed by atoms with Gasteiger partial charge in [0.2, 0.25) is 0 Å². The van der Waals surface area contributed by atoms with Crippen molar-refractivity contribution in [2.45, 2.75) is 174 Å². The number of carboxylic acids is 1. The molecule has 2 atom stereocenters. The molecule has 0 amide bonds. The summed E-state index contributed by atoms with van der Waals surface area (Å²) >= 11 is 0. The van der Waals surface area contributed by atoms with Gasteiger partial charge in [0, 0.05) is 19.3 Å². The molecule has 0 aromatic carbocycles. The lowest BCUT2D eigenvalue weighted by atomic mass is 10.0. The summed E-state index contributed by atoms with van der Waals surface area (Å²) in [7, 11) is 5.49. The Hall–Kier alpha value is -3.49. The van der Waals surface area contributed by atoms with Crippen LogP contribution in [0.5, 0.6) is 0 Å². The first-order chi connectivity index (χ1) is 28.1. The van der Waals surface area contributed by atoms with E-state index >= 15 is 0 Å². The zero-order valence-corrected chi connectivity index (χ0v) is 37.5. The molecule has 0 bridgehead atoms. The highest BCUT2D eigenvalue weighted by Gasteiger charge is 2.31. The highest BCUT2D eigenvalue weighted by atomic mass is 16.6. The second-order valence-electron chi connectivity index (χ2n) is 16.0. The maximum atomic E-state index is 12.7. The lowest BCUT2D eigenvalue weighted by Crippen LogP contribution is -2.50. The average molecular weight is 811 g/mol. The first-order valence-corrected chi connectivity index (χ1v) is 22.7. The van der Waals surface area contributed by atoms with Gasteiger partial charge >= 0.3 is 17.9 Å². The van der Waals surface area contributed by atoms with Crippen molar-refractivity contribution >= 4 is 17.9 Å². The number of hydrogen-bond acceptors (Lipinski definition) is 6. The van der Waals surface area contributed by atoms with Crippen LogP contribution in [0.15, 0.2) is 85.1 Å². The number of allylic oxidation sites excluding steroid dienone is 14. The van der Waals surface area contributed by atoms with E-state index in [0.717, 1.165) is 44.9 Å². The number of ether oxygens (including phenoxy) is 3. The molecule has 330 valence electrons. The van der Waals surface area contributed by atoms with Gasteiger partial charge in [0.1, 0.15) is 6.61 Å². The standard InChI is InChI=1S/C50H83NO7/c1-6-8-10-12-14-16-18-20-21-22-23-24-25-26-27-29-30-32-34-36-38-40-48(52)57-45-46(44-56-43-42-47(50(54)55)51(3,4)5)58-49(53)41-39-37-35-33-31-28-19-17-15-13-11-9-7-2/h8-11,13-17,19,28,31,33,35,46-47H,6-7,12,18,20-27,29-30,32,34,36-45H2,1-5H3/p+1/b10-8+,11-9+,15-13+,16-14+,19-17+,31-28+,35-33+. The number of rotatable bonds is 39. The summed E-state index contributed by atoms with van der Waals surface area (Å²) in [6.45, 7) is 4.40. The number of nitrogens with zero attached hydrogens (tertiary/aromatic N) is 1. The zero-order valence-electron chi connectivity index (χ0n) is 37.5. The van der Waals surface area contributed by atoms with E-state index in [0.29, 0.717) is 19.3 Å². The number of hydrogen-bond donors (Lipinski definition) is 1. The predicted octanol–water partition coefficient (Wildman–Crippen LogP) is 12.5. The number of unbranched alkanes of at least 4 members (excludes halogenated alkanes) is 15. The van der Waals surface area contributed by atoms with E-state index in [1.165, 1.54) is 77.0 Å².